The highest BCUT2D eigenvalue weighted by atomic mass is 32.1. The molecule has 1 saturated carbocycles. The molecule has 1 rings (SSSR count). The molecule has 0 radical (unpaired) electrons. The first-order chi connectivity index (χ1) is 6.83. The summed E-state index contributed by atoms with van der Waals surface area (Å²) < 4.78 is 0. The Morgan fingerprint density at radius 2 is 2.07 bits per heavy atom. The quantitative estimate of drug-likeness (QED) is 0.359. The van der Waals surface area contributed by atoms with Crippen molar-refractivity contribution in [2.75, 3.05) is 19.3 Å². The molecule has 0 amide bonds. The number of hydrogen-bond donors (Lipinski definition) is 3. The van der Waals surface area contributed by atoms with Gasteiger partial charge in [-0.3, -0.25) is 0 Å². The van der Waals surface area contributed by atoms with Crippen LogP contribution in [0.4, 0.5) is 0 Å². The second-order valence-corrected chi connectivity index (χ2v) is 4.93. The van der Waals surface area contributed by atoms with E-state index in [-0.39, 0.29) is 0 Å². The van der Waals surface area contributed by atoms with Crippen LogP contribution in [0.2, 0.25) is 0 Å². The Kier molecular flexibility index (Phi) is 6.27. The number of hydrogen-bond acceptors (Lipinski definition) is 1. The van der Waals surface area contributed by atoms with E-state index in [1.165, 1.54) is 32.1 Å². The van der Waals surface area contributed by atoms with Gasteiger partial charge in [-0.15, -0.1) is 0 Å². The lowest BCUT2D eigenvalue weighted by molar-refractivity contribution is 0.414. The van der Waals surface area contributed by atoms with Crippen molar-refractivity contribution in [3.8, 4) is 0 Å². The highest BCUT2D eigenvalue weighted by Crippen LogP contribution is 2.16. The van der Waals surface area contributed by atoms with Crippen LogP contribution in [0.3, 0.4) is 0 Å². The van der Waals surface area contributed by atoms with E-state index in [1.54, 1.807) is 11.4 Å². The van der Waals surface area contributed by atoms with E-state index >= 15 is 0 Å². The highest BCUT2D eigenvalue weighted by molar-refractivity contribution is 7.78. The van der Waals surface area contributed by atoms with Gasteiger partial charge in [-0.1, -0.05) is 19.3 Å². The van der Waals surface area contributed by atoms with Gasteiger partial charge in [0.1, 0.15) is 0 Å². The topological polar surface area (TPSA) is 50.1 Å². The molecule has 0 aromatic carbocycles. The molecule has 4 heteroatoms. The van der Waals surface area contributed by atoms with E-state index in [4.69, 9.17) is 5.73 Å². The van der Waals surface area contributed by atoms with Gasteiger partial charge in [-0.2, -0.15) is 0 Å². The van der Waals surface area contributed by atoms with Gasteiger partial charge in [-0.05, 0) is 19.9 Å². The second kappa shape index (κ2) is 7.29. The predicted octanol–water partition coefficient (Wildman–Crippen LogP) is 0.257. The van der Waals surface area contributed by atoms with E-state index < -0.39 is 0 Å². The third-order valence-electron chi connectivity index (χ3n) is 2.56. The average Bonchev–Trinajstić information content (AvgIpc) is 2.20. The molecule has 4 N–H and O–H groups in total. The van der Waals surface area contributed by atoms with Gasteiger partial charge in [0.05, 0.1) is 0 Å². The molecule has 0 aromatic rings. The maximum atomic E-state index is 5.89. The lowest BCUT2D eigenvalue weighted by atomic mass is 9.96. The van der Waals surface area contributed by atoms with Crippen molar-refractivity contribution in [1.82, 2.24) is 10.6 Å². The fourth-order valence-electron chi connectivity index (χ4n) is 1.75. The number of rotatable bonds is 4. The Balaban J connectivity index is 2.17. The second-order valence-electron chi connectivity index (χ2n) is 3.80. The zero-order chi connectivity index (χ0) is 10.2. The molecule has 0 bridgehead atoms. The molecule has 0 unspecified atom stereocenters. The minimum absolute atomic E-state index is 0.630. The van der Waals surface area contributed by atoms with Gasteiger partial charge in [0, 0.05) is 12.6 Å². The van der Waals surface area contributed by atoms with Crippen LogP contribution in [0.5, 0.6) is 0 Å². The first-order valence-corrected chi connectivity index (χ1v) is 6.48. The fourth-order valence-corrected chi connectivity index (χ4v) is 2.53. The van der Waals surface area contributed by atoms with Gasteiger partial charge in [0.2, 0.25) is 11.4 Å². The first-order valence-electron chi connectivity index (χ1n) is 5.49. The van der Waals surface area contributed by atoms with Crippen molar-refractivity contribution < 1.29 is 0 Å². The van der Waals surface area contributed by atoms with Crippen molar-refractivity contribution in [2.45, 2.75) is 38.1 Å². The molecule has 0 heterocycles. The zero-order valence-electron chi connectivity index (χ0n) is 9.01. The van der Waals surface area contributed by atoms with Crippen LogP contribution >= 0.6 is 0 Å². The van der Waals surface area contributed by atoms with Crippen molar-refractivity contribution >= 4 is 16.5 Å². The van der Waals surface area contributed by atoms with Gasteiger partial charge in [0.15, 0.2) is 5.75 Å². The molecular formula is C10H22N3S+. The lowest BCUT2D eigenvalue weighted by Crippen LogP contribution is -2.41. The van der Waals surface area contributed by atoms with Crippen LogP contribution in [-0.2, 0) is 11.4 Å². The Morgan fingerprint density at radius 1 is 1.36 bits per heavy atom. The van der Waals surface area contributed by atoms with E-state index in [0.717, 1.165) is 17.4 Å². The van der Waals surface area contributed by atoms with Gasteiger partial charge >= 0.3 is 5.11 Å². The summed E-state index contributed by atoms with van der Waals surface area (Å²) in [6.45, 7) is 1.01. The molecule has 0 spiro atoms. The van der Waals surface area contributed by atoms with E-state index in [2.05, 4.69) is 10.6 Å². The van der Waals surface area contributed by atoms with Crippen molar-refractivity contribution in [1.29, 1.82) is 0 Å². The summed E-state index contributed by atoms with van der Waals surface area (Å²) in [7, 11) is 1.96. The Hall–Kier alpha value is -0.0300. The maximum absolute atomic E-state index is 5.89. The summed E-state index contributed by atoms with van der Waals surface area (Å²) in [5, 5.41) is 7.41. The minimum Gasteiger partial charge on any atom is -0.315 e. The van der Waals surface area contributed by atoms with E-state index in [9.17, 15) is 0 Å². The molecule has 1 aliphatic carbocycles. The third kappa shape index (κ3) is 5.00. The molecule has 0 aromatic heterocycles. The van der Waals surface area contributed by atoms with Crippen molar-refractivity contribution in [3.05, 3.63) is 0 Å². The summed E-state index contributed by atoms with van der Waals surface area (Å²) in [5.41, 5.74) is 5.89. The highest BCUT2D eigenvalue weighted by Gasteiger charge is 2.16. The van der Waals surface area contributed by atoms with Crippen LogP contribution in [0.15, 0.2) is 0 Å². The van der Waals surface area contributed by atoms with Crippen LogP contribution in [0.1, 0.15) is 32.1 Å². The average molecular weight is 216 g/mol. The smallest absolute Gasteiger partial charge is 0.315 e. The Bertz CT molecular complexity index is 176. The molecule has 14 heavy (non-hydrogen) atoms. The van der Waals surface area contributed by atoms with Crippen LogP contribution in [-0.4, -0.2) is 30.5 Å². The molecule has 82 valence electrons. The standard InChI is InChI=1S/C10H22N3S/c1-12-7-8-14-10(11)13-9-5-3-2-4-6-9/h9,12-13H,2-8,11H2,1H3/q+1. The Morgan fingerprint density at radius 3 is 2.71 bits per heavy atom. The van der Waals surface area contributed by atoms with Gasteiger partial charge < -0.3 is 5.32 Å². The summed E-state index contributed by atoms with van der Waals surface area (Å²) in [6, 6.07) is 0.630. The summed E-state index contributed by atoms with van der Waals surface area (Å²) in [5.74, 6) is 1.04. The largest absolute Gasteiger partial charge is 0.317 e. The van der Waals surface area contributed by atoms with Crippen LogP contribution in [0, 0.1) is 0 Å². The predicted molar refractivity (Wildman–Crippen MR) is 65.4 cm³/mol. The molecule has 1 aliphatic rings. The van der Waals surface area contributed by atoms with Crippen molar-refractivity contribution in [2.24, 2.45) is 5.73 Å². The molecule has 0 aliphatic heterocycles. The van der Waals surface area contributed by atoms with Gasteiger partial charge in [-0.25, -0.2) is 11.1 Å². The molecule has 1 fully saturated rings. The fraction of sp³-hybridized carbons (Fsp3) is 0.900. The lowest BCUT2D eigenvalue weighted by Gasteiger charge is -2.20. The first kappa shape index (κ1) is 12.0. The van der Waals surface area contributed by atoms with Gasteiger partial charge in [0.25, 0.3) is 0 Å². The number of nitrogens with two attached hydrogens (primary N) is 1. The minimum atomic E-state index is 0.630. The molecule has 3 nitrogen and oxygen atoms in total. The zero-order valence-corrected chi connectivity index (χ0v) is 9.83. The van der Waals surface area contributed by atoms with Crippen molar-refractivity contribution in [3.63, 3.8) is 0 Å². The monoisotopic (exact) mass is 216 g/mol. The van der Waals surface area contributed by atoms with Crippen LogP contribution < -0.4 is 16.4 Å². The normalized spacial score (nSPS) is 20.0. The van der Waals surface area contributed by atoms with E-state index in [0.29, 0.717) is 6.04 Å². The summed E-state index contributed by atoms with van der Waals surface area (Å²) in [6.07, 6.45) is 6.67. The third-order valence-corrected chi connectivity index (χ3v) is 3.40. The van der Waals surface area contributed by atoms with Crippen LogP contribution in [0.25, 0.3) is 0 Å². The number of nitrogens with one attached hydrogen (secondary N) is 2. The maximum Gasteiger partial charge on any atom is 0.317 e. The van der Waals surface area contributed by atoms with E-state index in [1.807, 2.05) is 7.05 Å². The SMILES string of the molecule is CNCC/[S+]=C(\N)NC1CCCCC1. The summed E-state index contributed by atoms with van der Waals surface area (Å²) >= 11 is 1.72. The molecule has 0 atom stereocenters. The summed E-state index contributed by atoms with van der Waals surface area (Å²) in [4.78, 5) is 0. The molecular weight excluding hydrogens is 194 g/mol. The molecule has 0 saturated heterocycles. The Labute approximate surface area is 90.8 Å².